The number of hydrogen-bond donors (Lipinski definition) is 1. The molecule has 0 amide bonds. The van der Waals surface area contributed by atoms with Crippen LogP contribution in [0.15, 0.2) is 0 Å². The third kappa shape index (κ3) is 6.87. The van der Waals surface area contributed by atoms with E-state index < -0.39 is 0 Å². The van der Waals surface area contributed by atoms with Crippen LogP contribution in [0.5, 0.6) is 0 Å². The van der Waals surface area contributed by atoms with Gasteiger partial charge >= 0.3 is 0 Å². The van der Waals surface area contributed by atoms with Crippen molar-refractivity contribution in [3.05, 3.63) is 0 Å². The van der Waals surface area contributed by atoms with Crippen molar-refractivity contribution in [2.24, 2.45) is 0 Å². The normalized spacial score (nSPS) is 12.0. The molecule has 0 bridgehead atoms. The number of ether oxygens (including phenoxy) is 2. The molecule has 0 rings (SSSR count). The molecule has 68 valence electrons. The average molecular weight is 194 g/mol. The largest absolute Gasteiger partial charge is 0.357 e. The van der Waals surface area contributed by atoms with Gasteiger partial charge in [-0.25, -0.2) is 0 Å². The highest BCUT2D eigenvalue weighted by Gasteiger charge is 2.06. The predicted octanol–water partition coefficient (Wildman–Crippen LogP) is 0.860. The molecule has 0 aromatic heterocycles. The van der Waals surface area contributed by atoms with Gasteiger partial charge in [0, 0.05) is 13.2 Å². The summed E-state index contributed by atoms with van der Waals surface area (Å²) in [5.74, 6) is 1.08. The molecule has 0 saturated heterocycles. The molecule has 0 aliphatic carbocycles. The van der Waals surface area contributed by atoms with Gasteiger partial charge in [0.2, 0.25) is 0 Å². The molecule has 2 nitrogen and oxygen atoms in total. The van der Waals surface area contributed by atoms with Gasteiger partial charge in [-0.3, -0.25) is 0 Å². The highest BCUT2D eigenvalue weighted by atomic mass is 32.1. The third-order valence-corrected chi connectivity index (χ3v) is 3.92. The quantitative estimate of drug-likeness (QED) is 0.368. The molecule has 11 heavy (non-hydrogen) atoms. The summed E-state index contributed by atoms with van der Waals surface area (Å²) < 4.78 is 10.8. The minimum absolute atomic E-state index is 0.122. The molecule has 0 atom stereocenters. The molecule has 0 unspecified atom stereocenters. The summed E-state index contributed by atoms with van der Waals surface area (Å²) in [5, 5.41) is 0. The second-order valence-corrected chi connectivity index (χ2v) is 4.60. The third-order valence-electron chi connectivity index (χ3n) is 1.30. The molecule has 0 fully saturated rings. The number of rotatable bonds is 7. The smallest absolute Gasteiger partial charge is 0.134 e. The Morgan fingerprint density at radius 3 is 2.18 bits per heavy atom. The Morgan fingerprint density at radius 1 is 1.27 bits per heavy atom. The Hall–Kier alpha value is 0.487. The summed E-state index contributed by atoms with van der Waals surface area (Å²) in [6, 6.07) is 1.19. The van der Waals surface area contributed by atoms with E-state index in [0.717, 1.165) is 19.0 Å². The maximum atomic E-state index is 5.39. The zero-order valence-corrected chi connectivity index (χ0v) is 9.69. The van der Waals surface area contributed by atoms with Crippen LogP contribution in [0.1, 0.15) is 13.8 Å². The topological polar surface area (TPSA) is 18.5 Å². The Balaban J connectivity index is 3.34. The molecule has 0 aliphatic heterocycles. The summed E-state index contributed by atoms with van der Waals surface area (Å²) in [5.41, 5.74) is 0. The van der Waals surface area contributed by atoms with Crippen molar-refractivity contribution in [1.29, 1.82) is 0 Å². The fraction of sp³-hybridized carbons (Fsp3) is 1.00. The van der Waals surface area contributed by atoms with Crippen LogP contribution >= 0.6 is 12.6 Å². The molecule has 0 heterocycles. The van der Waals surface area contributed by atoms with Gasteiger partial charge < -0.3 is 9.47 Å². The molecule has 0 spiro atoms. The summed E-state index contributed by atoms with van der Waals surface area (Å²) in [6.45, 7) is 5.51. The Morgan fingerprint density at radius 2 is 1.82 bits per heavy atom. The molecule has 0 aromatic rings. The van der Waals surface area contributed by atoms with Gasteiger partial charge in [0.15, 0.2) is 0 Å². The van der Waals surface area contributed by atoms with Crippen molar-refractivity contribution in [1.82, 2.24) is 0 Å². The van der Waals surface area contributed by atoms with E-state index in [-0.39, 0.29) is 15.4 Å². The molecule has 4 heteroatoms. The summed E-state index contributed by atoms with van der Waals surface area (Å²) in [4.78, 5) is 0. The highest BCUT2D eigenvalue weighted by molar-refractivity contribution is 7.80. The van der Waals surface area contributed by atoms with Crippen LogP contribution in [0, 0.1) is 0 Å². The lowest BCUT2D eigenvalue weighted by Crippen LogP contribution is -2.24. The van der Waals surface area contributed by atoms with Crippen molar-refractivity contribution >= 4 is 22.1 Å². The molecule has 0 aliphatic rings. The monoisotopic (exact) mass is 194 g/mol. The van der Waals surface area contributed by atoms with E-state index in [1.165, 1.54) is 6.04 Å². The lowest BCUT2D eigenvalue weighted by Gasteiger charge is -2.15. The van der Waals surface area contributed by atoms with E-state index in [1.807, 2.05) is 13.8 Å². The molecule has 0 N–H and O–H groups in total. The Bertz CT molecular complexity index is 76.8. The predicted molar refractivity (Wildman–Crippen MR) is 54.2 cm³/mol. The average Bonchev–Trinajstić information content (AvgIpc) is 2.01. The molecular formula is C7H18O2SSi. The van der Waals surface area contributed by atoms with E-state index in [4.69, 9.17) is 9.47 Å². The zero-order chi connectivity index (χ0) is 8.53. The summed E-state index contributed by atoms with van der Waals surface area (Å²) >= 11 is 4.16. The van der Waals surface area contributed by atoms with Gasteiger partial charge in [-0.1, -0.05) is 0 Å². The van der Waals surface area contributed by atoms with E-state index >= 15 is 0 Å². The van der Waals surface area contributed by atoms with Crippen LogP contribution in [0.4, 0.5) is 0 Å². The van der Waals surface area contributed by atoms with Crippen molar-refractivity contribution in [3.63, 3.8) is 0 Å². The fourth-order valence-electron chi connectivity index (χ4n) is 0.845. The summed E-state index contributed by atoms with van der Waals surface area (Å²) in [7, 11) is -0.218. The first-order valence-corrected chi connectivity index (χ1v) is 6.64. The Kier molecular flexibility index (Phi) is 8.96. The second kappa shape index (κ2) is 8.58. The van der Waals surface area contributed by atoms with Crippen molar-refractivity contribution < 1.29 is 9.47 Å². The van der Waals surface area contributed by atoms with Crippen LogP contribution < -0.4 is 0 Å². The molecular weight excluding hydrogens is 176 g/mol. The van der Waals surface area contributed by atoms with Gasteiger partial charge in [-0.05, 0) is 25.6 Å². The van der Waals surface area contributed by atoms with Gasteiger partial charge in [0.1, 0.15) is 5.91 Å². The van der Waals surface area contributed by atoms with Crippen LogP contribution in [-0.2, 0) is 9.47 Å². The van der Waals surface area contributed by atoms with Crippen LogP contribution in [0.25, 0.3) is 0 Å². The zero-order valence-electron chi connectivity index (χ0n) is 7.38. The van der Waals surface area contributed by atoms with Crippen LogP contribution in [0.2, 0.25) is 6.04 Å². The van der Waals surface area contributed by atoms with E-state index in [2.05, 4.69) is 12.6 Å². The first kappa shape index (κ1) is 11.5. The first-order valence-electron chi connectivity index (χ1n) is 4.19. The highest BCUT2D eigenvalue weighted by Crippen LogP contribution is 1.96. The van der Waals surface area contributed by atoms with Crippen molar-refractivity contribution in [3.8, 4) is 0 Å². The molecule has 0 aromatic carbocycles. The Labute approximate surface area is 76.9 Å². The second-order valence-electron chi connectivity index (χ2n) is 2.21. The maximum Gasteiger partial charge on any atom is 0.134 e. The number of hydrogen-bond acceptors (Lipinski definition) is 3. The summed E-state index contributed by atoms with van der Waals surface area (Å²) in [6.07, 6.45) is 0. The van der Waals surface area contributed by atoms with Crippen molar-refractivity contribution in [2.75, 3.05) is 19.0 Å². The van der Waals surface area contributed by atoms with Gasteiger partial charge in [0.05, 0.1) is 9.52 Å². The SMILES string of the molecule is CCOC(OCC)[SiH2]CCS. The molecule has 0 radical (unpaired) electrons. The maximum absolute atomic E-state index is 5.39. The lowest BCUT2D eigenvalue weighted by atomic mass is 10.8. The minimum Gasteiger partial charge on any atom is -0.357 e. The van der Waals surface area contributed by atoms with Crippen LogP contribution in [0.3, 0.4) is 0 Å². The van der Waals surface area contributed by atoms with Gasteiger partial charge in [-0.2, -0.15) is 12.6 Å². The van der Waals surface area contributed by atoms with Crippen LogP contribution in [-0.4, -0.2) is 34.4 Å². The number of thiol groups is 1. The minimum atomic E-state index is -0.218. The van der Waals surface area contributed by atoms with E-state index in [9.17, 15) is 0 Å². The van der Waals surface area contributed by atoms with Gasteiger partial charge in [-0.15, -0.1) is 0 Å². The van der Waals surface area contributed by atoms with Gasteiger partial charge in [0.25, 0.3) is 0 Å². The van der Waals surface area contributed by atoms with Crippen molar-refractivity contribution in [2.45, 2.75) is 25.8 Å². The fourth-order valence-corrected chi connectivity index (χ4v) is 2.71. The first-order chi connectivity index (χ1) is 5.35. The standard InChI is InChI=1S/C7H18O2SSi/c1-3-8-7(9-4-2)11-6-5-10/h7,10H,3-6,11H2,1-2H3. The van der Waals surface area contributed by atoms with E-state index in [0.29, 0.717) is 0 Å². The van der Waals surface area contributed by atoms with E-state index in [1.54, 1.807) is 0 Å². The molecule has 0 saturated carbocycles. The lowest BCUT2D eigenvalue weighted by molar-refractivity contribution is -0.0826.